The lowest BCUT2D eigenvalue weighted by atomic mass is 10.1. The molecule has 1 atom stereocenters. The molecular formula is C18H20O4. The van der Waals surface area contributed by atoms with E-state index in [1.54, 1.807) is 7.11 Å². The lowest BCUT2D eigenvalue weighted by Gasteiger charge is -2.17. The molecule has 4 nitrogen and oxygen atoms in total. The van der Waals surface area contributed by atoms with E-state index in [2.05, 4.69) is 0 Å². The molecule has 0 fully saturated rings. The SMILES string of the molecule is COc1ccccc1CC(Oc1cc(C)cc(C)c1)C(=O)O. The molecule has 2 aromatic carbocycles. The molecule has 0 aromatic heterocycles. The second-order valence-electron chi connectivity index (χ2n) is 5.28. The third-order valence-electron chi connectivity index (χ3n) is 3.35. The number of aliphatic carboxylic acids is 1. The summed E-state index contributed by atoms with van der Waals surface area (Å²) in [5.41, 5.74) is 2.88. The Morgan fingerprint density at radius 3 is 2.36 bits per heavy atom. The van der Waals surface area contributed by atoms with E-state index in [9.17, 15) is 9.90 Å². The second kappa shape index (κ2) is 6.98. The number of para-hydroxylation sites is 1. The predicted molar refractivity (Wildman–Crippen MR) is 84.7 cm³/mol. The molecule has 0 amide bonds. The number of ether oxygens (including phenoxy) is 2. The predicted octanol–water partition coefficient (Wildman–Crippen LogP) is 3.39. The van der Waals surface area contributed by atoms with Crippen molar-refractivity contribution in [3.63, 3.8) is 0 Å². The van der Waals surface area contributed by atoms with E-state index in [-0.39, 0.29) is 6.42 Å². The summed E-state index contributed by atoms with van der Waals surface area (Å²) in [5.74, 6) is 0.239. The highest BCUT2D eigenvalue weighted by Gasteiger charge is 2.22. The van der Waals surface area contributed by atoms with Crippen LogP contribution in [0.4, 0.5) is 0 Å². The van der Waals surface area contributed by atoms with Crippen LogP contribution in [0.5, 0.6) is 11.5 Å². The minimum absolute atomic E-state index is 0.242. The first-order valence-corrected chi connectivity index (χ1v) is 7.09. The summed E-state index contributed by atoms with van der Waals surface area (Å²) in [5, 5.41) is 9.43. The Hall–Kier alpha value is -2.49. The number of carboxylic acids is 1. The van der Waals surface area contributed by atoms with Gasteiger partial charge in [-0.05, 0) is 48.7 Å². The van der Waals surface area contributed by atoms with Gasteiger partial charge in [0.25, 0.3) is 0 Å². The largest absolute Gasteiger partial charge is 0.496 e. The van der Waals surface area contributed by atoms with Gasteiger partial charge < -0.3 is 14.6 Å². The second-order valence-corrected chi connectivity index (χ2v) is 5.28. The van der Waals surface area contributed by atoms with Crippen LogP contribution < -0.4 is 9.47 Å². The average Bonchev–Trinajstić information content (AvgIpc) is 2.46. The molecule has 116 valence electrons. The van der Waals surface area contributed by atoms with Crippen LogP contribution in [-0.4, -0.2) is 24.3 Å². The maximum absolute atomic E-state index is 11.5. The first-order chi connectivity index (χ1) is 10.5. The van der Waals surface area contributed by atoms with Gasteiger partial charge in [0, 0.05) is 6.42 Å². The number of carbonyl (C=O) groups is 1. The Morgan fingerprint density at radius 2 is 1.77 bits per heavy atom. The third kappa shape index (κ3) is 4.01. The number of rotatable bonds is 6. The molecule has 1 N–H and O–H groups in total. The summed E-state index contributed by atoms with van der Waals surface area (Å²) in [4.78, 5) is 11.5. The van der Waals surface area contributed by atoms with Gasteiger partial charge in [-0.15, -0.1) is 0 Å². The smallest absolute Gasteiger partial charge is 0.345 e. The van der Waals surface area contributed by atoms with Crippen LogP contribution >= 0.6 is 0 Å². The Labute approximate surface area is 130 Å². The summed E-state index contributed by atoms with van der Waals surface area (Å²) in [7, 11) is 1.57. The number of hydrogen-bond donors (Lipinski definition) is 1. The van der Waals surface area contributed by atoms with Gasteiger partial charge in [0.15, 0.2) is 6.10 Å². The van der Waals surface area contributed by atoms with Gasteiger partial charge in [0.2, 0.25) is 0 Å². The van der Waals surface area contributed by atoms with Crippen molar-refractivity contribution in [2.75, 3.05) is 7.11 Å². The quantitative estimate of drug-likeness (QED) is 0.888. The van der Waals surface area contributed by atoms with E-state index in [0.717, 1.165) is 16.7 Å². The Balaban J connectivity index is 2.21. The highest BCUT2D eigenvalue weighted by Crippen LogP contribution is 2.23. The Bertz CT molecular complexity index is 644. The van der Waals surface area contributed by atoms with Crippen molar-refractivity contribution in [2.24, 2.45) is 0 Å². The van der Waals surface area contributed by atoms with Gasteiger partial charge in [-0.1, -0.05) is 24.3 Å². The van der Waals surface area contributed by atoms with Crippen molar-refractivity contribution in [1.29, 1.82) is 0 Å². The number of hydrogen-bond acceptors (Lipinski definition) is 3. The van der Waals surface area contributed by atoms with Crippen molar-refractivity contribution < 1.29 is 19.4 Å². The van der Waals surface area contributed by atoms with Crippen molar-refractivity contribution in [3.05, 3.63) is 59.2 Å². The van der Waals surface area contributed by atoms with Gasteiger partial charge in [0.05, 0.1) is 7.11 Å². The first-order valence-electron chi connectivity index (χ1n) is 7.09. The molecule has 0 saturated carbocycles. The van der Waals surface area contributed by atoms with Crippen LogP contribution in [0, 0.1) is 13.8 Å². The minimum atomic E-state index is -0.995. The summed E-state index contributed by atoms with van der Waals surface area (Å²) in [6.45, 7) is 3.91. The molecule has 0 saturated heterocycles. The number of carboxylic acid groups (broad SMARTS) is 1. The fourth-order valence-electron chi connectivity index (χ4n) is 2.42. The van der Waals surface area contributed by atoms with E-state index in [1.807, 2.05) is 56.3 Å². The van der Waals surface area contributed by atoms with Gasteiger partial charge in [0.1, 0.15) is 11.5 Å². The van der Waals surface area contributed by atoms with Gasteiger partial charge in [-0.3, -0.25) is 0 Å². The van der Waals surface area contributed by atoms with E-state index in [4.69, 9.17) is 9.47 Å². The molecule has 0 radical (unpaired) electrons. The summed E-state index contributed by atoms with van der Waals surface area (Å²) >= 11 is 0. The molecule has 0 aliphatic heterocycles. The van der Waals surface area contributed by atoms with Crippen molar-refractivity contribution in [2.45, 2.75) is 26.4 Å². The molecule has 0 spiro atoms. The maximum Gasteiger partial charge on any atom is 0.345 e. The molecule has 2 rings (SSSR count). The Morgan fingerprint density at radius 1 is 1.14 bits per heavy atom. The lowest BCUT2D eigenvalue weighted by Crippen LogP contribution is -2.29. The highest BCUT2D eigenvalue weighted by atomic mass is 16.5. The number of aryl methyl sites for hydroxylation is 2. The van der Waals surface area contributed by atoms with Crippen LogP contribution in [0.1, 0.15) is 16.7 Å². The topological polar surface area (TPSA) is 55.8 Å². The molecule has 22 heavy (non-hydrogen) atoms. The molecule has 0 heterocycles. The van der Waals surface area contributed by atoms with Crippen LogP contribution in [0.3, 0.4) is 0 Å². The highest BCUT2D eigenvalue weighted by molar-refractivity contribution is 5.73. The lowest BCUT2D eigenvalue weighted by molar-refractivity contribution is -0.145. The summed E-state index contributed by atoms with van der Waals surface area (Å²) in [6, 6.07) is 13.1. The van der Waals surface area contributed by atoms with Crippen molar-refractivity contribution in [1.82, 2.24) is 0 Å². The van der Waals surface area contributed by atoms with Crippen LogP contribution in [0.25, 0.3) is 0 Å². The van der Waals surface area contributed by atoms with Gasteiger partial charge >= 0.3 is 5.97 Å². The molecule has 0 bridgehead atoms. The average molecular weight is 300 g/mol. The van der Waals surface area contributed by atoms with Crippen LogP contribution in [0.2, 0.25) is 0 Å². The monoisotopic (exact) mass is 300 g/mol. The number of methoxy groups -OCH3 is 1. The van der Waals surface area contributed by atoms with E-state index in [1.165, 1.54) is 0 Å². The molecule has 0 aliphatic carbocycles. The zero-order valence-electron chi connectivity index (χ0n) is 13.0. The Kier molecular flexibility index (Phi) is 5.04. The fourth-order valence-corrected chi connectivity index (χ4v) is 2.42. The molecule has 0 aliphatic rings. The van der Waals surface area contributed by atoms with E-state index >= 15 is 0 Å². The normalized spacial score (nSPS) is 11.8. The molecule has 1 unspecified atom stereocenters. The van der Waals surface area contributed by atoms with E-state index < -0.39 is 12.1 Å². The van der Waals surface area contributed by atoms with Crippen LogP contribution in [0.15, 0.2) is 42.5 Å². The molecule has 2 aromatic rings. The van der Waals surface area contributed by atoms with Gasteiger partial charge in [-0.25, -0.2) is 4.79 Å². The molecule has 4 heteroatoms. The van der Waals surface area contributed by atoms with Crippen LogP contribution in [-0.2, 0) is 11.2 Å². The minimum Gasteiger partial charge on any atom is -0.496 e. The fraction of sp³-hybridized carbons (Fsp3) is 0.278. The first kappa shape index (κ1) is 15.9. The summed E-state index contributed by atoms with van der Waals surface area (Å²) in [6.07, 6.45) is -0.718. The maximum atomic E-state index is 11.5. The standard InChI is InChI=1S/C18H20O4/c1-12-8-13(2)10-15(9-12)22-17(18(19)20)11-14-6-4-5-7-16(14)21-3/h4-10,17H,11H2,1-3H3,(H,19,20). The van der Waals surface area contributed by atoms with Crippen molar-refractivity contribution >= 4 is 5.97 Å². The van der Waals surface area contributed by atoms with Gasteiger partial charge in [-0.2, -0.15) is 0 Å². The zero-order valence-corrected chi connectivity index (χ0v) is 13.0. The molecular weight excluding hydrogens is 280 g/mol. The zero-order chi connectivity index (χ0) is 16.1. The number of benzene rings is 2. The van der Waals surface area contributed by atoms with E-state index in [0.29, 0.717) is 11.5 Å². The summed E-state index contributed by atoms with van der Waals surface area (Å²) < 4.78 is 11.0. The van der Waals surface area contributed by atoms with Crippen molar-refractivity contribution in [3.8, 4) is 11.5 Å². The third-order valence-corrected chi connectivity index (χ3v) is 3.35.